The number of nitrogens with zero attached hydrogens (tertiary/aromatic N) is 2. The van der Waals surface area contributed by atoms with E-state index in [9.17, 15) is 5.11 Å². The van der Waals surface area contributed by atoms with Crippen molar-refractivity contribution in [3.63, 3.8) is 0 Å². The van der Waals surface area contributed by atoms with Crippen molar-refractivity contribution in [2.75, 3.05) is 46.0 Å². The highest BCUT2D eigenvalue weighted by atomic mass is 16.5. The Balaban J connectivity index is 1.56. The van der Waals surface area contributed by atoms with Gasteiger partial charge in [0.25, 0.3) is 0 Å². The minimum atomic E-state index is -0.0626. The summed E-state index contributed by atoms with van der Waals surface area (Å²) in [6, 6.07) is 11.0. The van der Waals surface area contributed by atoms with Crippen molar-refractivity contribution in [2.45, 2.75) is 38.1 Å². The number of aliphatic hydroxyl groups excluding tert-OH is 1. The number of ether oxygens (including phenoxy) is 2. The molecule has 0 amide bonds. The Morgan fingerprint density at radius 3 is 2.75 bits per heavy atom. The van der Waals surface area contributed by atoms with Crippen LogP contribution in [0.1, 0.15) is 18.9 Å². The van der Waals surface area contributed by atoms with Gasteiger partial charge in [-0.3, -0.25) is 9.80 Å². The number of aliphatic hydroxyl groups is 1. The maximum Gasteiger partial charge on any atom is 0.0933 e. The first-order valence-corrected chi connectivity index (χ1v) is 9.09. The second-order valence-corrected chi connectivity index (χ2v) is 7.01. The normalized spacial score (nSPS) is 30.2. The molecule has 2 aliphatic heterocycles. The summed E-state index contributed by atoms with van der Waals surface area (Å²) in [4.78, 5) is 4.91. The zero-order valence-corrected chi connectivity index (χ0v) is 14.6. The summed E-state index contributed by atoms with van der Waals surface area (Å²) < 4.78 is 11.7. The first-order valence-electron chi connectivity index (χ1n) is 9.09. The van der Waals surface area contributed by atoms with Crippen LogP contribution in [0.4, 0.5) is 0 Å². The van der Waals surface area contributed by atoms with Gasteiger partial charge in [0, 0.05) is 45.4 Å². The second-order valence-electron chi connectivity index (χ2n) is 7.01. The van der Waals surface area contributed by atoms with E-state index in [2.05, 4.69) is 47.1 Å². The predicted molar refractivity (Wildman–Crippen MR) is 93.9 cm³/mol. The summed E-state index contributed by atoms with van der Waals surface area (Å²) in [6.07, 6.45) is 1.24. The van der Waals surface area contributed by atoms with Crippen molar-refractivity contribution >= 4 is 0 Å². The largest absolute Gasteiger partial charge is 0.394 e. The Morgan fingerprint density at radius 1 is 1.12 bits per heavy atom. The number of morpholine rings is 1. The highest BCUT2D eigenvalue weighted by molar-refractivity contribution is 5.14. The van der Waals surface area contributed by atoms with Crippen LogP contribution in [0.2, 0.25) is 0 Å². The van der Waals surface area contributed by atoms with Gasteiger partial charge >= 0.3 is 0 Å². The van der Waals surface area contributed by atoms with E-state index in [0.29, 0.717) is 12.6 Å². The van der Waals surface area contributed by atoms with E-state index < -0.39 is 0 Å². The molecule has 2 fully saturated rings. The molecule has 0 spiro atoms. The van der Waals surface area contributed by atoms with Crippen LogP contribution in [0.15, 0.2) is 30.3 Å². The Bertz CT molecular complexity index is 485. The summed E-state index contributed by atoms with van der Waals surface area (Å²) >= 11 is 0. The van der Waals surface area contributed by atoms with E-state index in [1.54, 1.807) is 0 Å². The van der Waals surface area contributed by atoms with Crippen molar-refractivity contribution in [1.82, 2.24) is 9.80 Å². The second kappa shape index (κ2) is 8.92. The average Bonchev–Trinajstić information content (AvgIpc) is 2.83. The molecule has 1 aromatic rings. The van der Waals surface area contributed by atoms with Gasteiger partial charge in [0.05, 0.1) is 25.4 Å². The van der Waals surface area contributed by atoms with E-state index in [-0.39, 0.29) is 18.8 Å². The maximum absolute atomic E-state index is 9.36. The Labute approximate surface area is 145 Å². The average molecular weight is 334 g/mol. The summed E-state index contributed by atoms with van der Waals surface area (Å²) in [7, 11) is 0. The molecule has 3 atom stereocenters. The van der Waals surface area contributed by atoms with Crippen LogP contribution in [0.3, 0.4) is 0 Å². The van der Waals surface area contributed by atoms with Crippen LogP contribution in [0.25, 0.3) is 0 Å². The van der Waals surface area contributed by atoms with Crippen molar-refractivity contribution in [3.8, 4) is 0 Å². The lowest BCUT2D eigenvalue weighted by Crippen LogP contribution is -2.53. The molecule has 1 aromatic carbocycles. The molecule has 134 valence electrons. The lowest BCUT2D eigenvalue weighted by atomic mass is 10.1. The molecule has 2 heterocycles. The molecular weight excluding hydrogens is 304 g/mol. The van der Waals surface area contributed by atoms with Crippen LogP contribution in [0.5, 0.6) is 0 Å². The van der Waals surface area contributed by atoms with Crippen molar-refractivity contribution in [3.05, 3.63) is 35.9 Å². The van der Waals surface area contributed by atoms with Crippen molar-refractivity contribution in [2.24, 2.45) is 0 Å². The van der Waals surface area contributed by atoms with Crippen LogP contribution in [0, 0.1) is 0 Å². The molecule has 3 rings (SSSR count). The van der Waals surface area contributed by atoms with E-state index in [1.807, 2.05) is 0 Å². The fourth-order valence-electron chi connectivity index (χ4n) is 3.57. The topological polar surface area (TPSA) is 45.2 Å². The standard InChI is InChI=1S/C19H30N2O3/c1-16-15-24-19(14-22)13-21(16)12-18-11-20(8-5-9-23-18)10-17-6-3-2-4-7-17/h2-4,6-7,16,18-19,22H,5,8-15H2,1H3/t16-,18-,19-/m1/s1. The number of hydrogen-bond donors (Lipinski definition) is 1. The number of benzene rings is 1. The highest BCUT2D eigenvalue weighted by Crippen LogP contribution is 2.16. The fourth-order valence-corrected chi connectivity index (χ4v) is 3.57. The summed E-state index contributed by atoms with van der Waals surface area (Å²) in [5, 5.41) is 9.36. The van der Waals surface area contributed by atoms with Crippen LogP contribution in [-0.4, -0.2) is 79.2 Å². The lowest BCUT2D eigenvalue weighted by molar-refractivity contribution is -0.0924. The fraction of sp³-hybridized carbons (Fsp3) is 0.684. The number of rotatable bonds is 5. The molecule has 0 aromatic heterocycles. The molecular formula is C19H30N2O3. The predicted octanol–water partition coefficient (Wildman–Crippen LogP) is 1.36. The van der Waals surface area contributed by atoms with Gasteiger partial charge in [-0.05, 0) is 18.9 Å². The summed E-state index contributed by atoms with van der Waals surface area (Å²) in [5.74, 6) is 0. The lowest BCUT2D eigenvalue weighted by Gasteiger charge is -2.39. The van der Waals surface area contributed by atoms with Crippen LogP contribution < -0.4 is 0 Å². The van der Waals surface area contributed by atoms with Crippen molar-refractivity contribution in [1.29, 1.82) is 0 Å². The minimum Gasteiger partial charge on any atom is -0.394 e. The Morgan fingerprint density at radius 2 is 1.96 bits per heavy atom. The smallest absolute Gasteiger partial charge is 0.0933 e. The third-order valence-corrected chi connectivity index (χ3v) is 4.96. The molecule has 0 unspecified atom stereocenters. The molecule has 5 nitrogen and oxygen atoms in total. The first-order chi connectivity index (χ1) is 11.7. The Kier molecular flexibility index (Phi) is 6.63. The summed E-state index contributed by atoms with van der Waals surface area (Å²) in [6.45, 7) is 8.53. The van der Waals surface area contributed by atoms with Gasteiger partial charge in [-0.1, -0.05) is 30.3 Å². The monoisotopic (exact) mass is 334 g/mol. The zero-order chi connectivity index (χ0) is 16.8. The zero-order valence-electron chi connectivity index (χ0n) is 14.6. The van der Waals surface area contributed by atoms with E-state index >= 15 is 0 Å². The molecule has 5 heteroatoms. The van der Waals surface area contributed by atoms with Gasteiger partial charge in [-0.15, -0.1) is 0 Å². The molecule has 2 aliphatic rings. The number of hydrogen-bond acceptors (Lipinski definition) is 5. The van der Waals surface area contributed by atoms with E-state index in [1.165, 1.54) is 5.56 Å². The SMILES string of the molecule is C[C@@H]1CO[C@@H](CO)CN1C[C@H]1CN(Cc2ccccc2)CCCO1. The van der Waals surface area contributed by atoms with Gasteiger partial charge in [0.15, 0.2) is 0 Å². The van der Waals surface area contributed by atoms with Crippen LogP contribution >= 0.6 is 0 Å². The third kappa shape index (κ3) is 5.01. The summed E-state index contributed by atoms with van der Waals surface area (Å²) in [5.41, 5.74) is 1.36. The van der Waals surface area contributed by atoms with Gasteiger partial charge < -0.3 is 14.6 Å². The van der Waals surface area contributed by atoms with Gasteiger partial charge in [0.1, 0.15) is 0 Å². The molecule has 0 aliphatic carbocycles. The van der Waals surface area contributed by atoms with Gasteiger partial charge in [0.2, 0.25) is 0 Å². The van der Waals surface area contributed by atoms with Gasteiger partial charge in [-0.25, -0.2) is 0 Å². The molecule has 0 bridgehead atoms. The van der Waals surface area contributed by atoms with Gasteiger partial charge in [-0.2, -0.15) is 0 Å². The quantitative estimate of drug-likeness (QED) is 0.881. The molecule has 2 saturated heterocycles. The Hall–Kier alpha value is -0.980. The molecule has 24 heavy (non-hydrogen) atoms. The molecule has 1 N–H and O–H groups in total. The molecule has 0 saturated carbocycles. The molecule has 0 radical (unpaired) electrons. The third-order valence-electron chi connectivity index (χ3n) is 4.96. The van der Waals surface area contributed by atoms with E-state index in [4.69, 9.17) is 9.47 Å². The van der Waals surface area contributed by atoms with E-state index in [0.717, 1.165) is 45.8 Å². The first kappa shape index (κ1) is 17.8. The van der Waals surface area contributed by atoms with Crippen LogP contribution in [-0.2, 0) is 16.0 Å². The van der Waals surface area contributed by atoms with Crippen molar-refractivity contribution < 1.29 is 14.6 Å². The highest BCUT2D eigenvalue weighted by Gasteiger charge is 2.29. The maximum atomic E-state index is 9.36. The minimum absolute atomic E-state index is 0.0626.